The van der Waals surface area contributed by atoms with E-state index in [1.54, 1.807) is 0 Å². The number of rotatable bonds is 4. The topological polar surface area (TPSA) is 76.7 Å². The summed E-state index contributed by atoms with van der Waals surface area (Å²) >= 11 is 0. The molecule has 1 aromatic rings. The molecule has 0 heterocycles. The molecule has 132 valence electrons. The van der Waals surface area contributed by atoms with Crippen molar-refractivity contribution in [2.75, 3.05) is 0 Å². The van der Waals surface area contributed by atoms with E-state index in [2.05, 4.69) is 41.3 Å². The van der Waals surface area contributed by atoms with E-state index < -0.39 is 17.4 Å². The van der Waals surface area contributed by atoms with Crippen molar-refractivity contribution in [1.29, 1.82) is 0 Å². The summed E-state index contributed by atoms with van der Waals surface area (Å²) in [5, 5.41) is 2.78. The van der Waals surface area contributed by atoms with Gasteiger partial charge in [0, 0.05) is 6.54 Å². The molecule has 24 heavy (non-hydrogen) atoms. The van der Waals surface area contributed by atoms with Gasteiger partial charge in [0.25, 0.3) is 0 Å². The normalized spacial score (nSPS) is 24.2. The molecule has 0 aromatic heterocycles. The van der Waals surface area contributed by atoms with Crippen molar-refractivity contribution < 1.29 is 9.53 Å². The molecule has 0 saturated heterocycles. The highest BCUT2D eigenvalue weighted by Gasteiger charge is 2.30. The zero-order chi connectivity index (χ0) is 17.8. The monoisotopic (exact) mass is 331 g/mol. The highest BCUT2D eigenvalue weighted by Crippen LogP contribution is 2.37. The van der Waals surface area contributed by atoms with Gasteiger partial charge in [-0.15, -0.1) is 0 Å². The second-order valence-electron chi connectivity index (χ2n) is 7.63. The van der Waals surface area contributed by atoms with Gasteiger partial charge in [-0.25, -0.2) is 4.79 Å². The largest absolute Gasteiger partial charge is 0.444 e. The van der Waals surface area contributed by atoms with Crippen LogP contribution in [0.15, 0.2) is 29.3 Å². The maximum atomic E-state index is 11.7. The third-order valence-corrected chi connectivity index (χ3v) is 4.45. The maximum Gasteiger partial charge on any atom is 0.407 e. The predicted octanol–water partition coefficient (Wildman–Crippen LogP) is 3.72. The zero-order valence-corrected chi connectivity index (χ0v) is 15.0. The molecule has 1 amide bonds. The SMILES string of the molecule is C=NC1(N)CCC(c2ccc(CNC(=O)OC(C)(C)C)cc2)CC1. The molecule has 3 N–H and O–H groups in total. The van der Waals surface area contributed by atoms with Gasteiger partial charge in [0.05, 0.1) is 0 Å². The van der Waals surface area contributed by atoms with Crippen LogP contribution in [0.5, 0.6) is 0 Å². The lowest BCUT2D eigenvalue weighted by molar-refractivity contribution is 0.0523. The van der Waals surface area contributed by atoms with E-state index in [1.165, 1.54) is 5.56 Å². The van der Waals surface area contributed by atoms with E-state index in [-0.39, 0.29) is 0 Å². The summed E-state index contributed by atoms with van der Waals surface area (Å²) in [6.45, 7) is 9.62. The van der Waals surface area contributed by atoms with Crippen molar-refractivity contribution in [3.05, 3.63) is 35.4 Å². The summed E-state index contributed by atoms with van der Waals surface area (Å²) in [5.74, 6) is 0.524. The molecule has 0 unspecified atom stereocenters. The number of amides is 1. The molecule has 1 aromatic carbocycles. The molecular weight excluding hydrogens is 302 g/mol. The summed E-state index contributed by atoms with van der Waals surface area (Å²) in [4.78, 5) is 15.7. The van der Waals surface area contributed by atoms with Crippen LogP contribution in [0.25, 0.3) is 0 Å². The Morgan fingerprint density at radius 3 is 2.42 bits per heavy atom. The second-order valence-corrected chi connectivity index (χ2v) is 7.63. The molecule has 0 atom stereocenters. The number of hydrogen-bond acceptors (Lipinski definition) is 4. The van der Waals surface area contributed by atoms with Crippen LogP contribution in [0.4, 0.5) is 4.79 Å². The fourth-order valence-electron chi connectivity index (χ4n) is 3.01. The minimum Gasteiger partial charge on any atom is -0.444 e. The van der Waals surface area contributed by atoms with Crippen molar-refractivity contribution in [2.45, 2.75) is 70.2 Å². The molecular formula is C19H29N3O2. The Balaban J connectivity index is 1.85. The Bertz CT molecular complexity index is 567. The number of nitrogens with zero attached hydrogens (tertiary/aromatic N) is 1. The summed E-state index contributed by atoms with van der Waals surface area (Å²) in [6.07, 6.45) is 3.43. The number of hydrogen-bond donors (Lipinski definition) is 2. The summed E-state index contributed by atoms with van der Waals surface area (Å²) in [6, 6.07) is 8.40. The van der Waals surface area contributed by atoms with Crippen LogP contribution in [-0.2, 0) is 11.3 Å². The van der Waals surface area contributed by atoms with Crippen LogP contribution in [0, 0.1) is 0 Å². The predicted molar refractivity (Wildman–Crippen MR) is 97.2 cm³/mol. The van der Waals surface area contributed by atoms with Gasteiger partial charge in [-0.05, 0) is 70.2 Å². The lowest BCUT2D eigenvalue weighted by Gasteiger charge is -2.34. The van der Waals surface area contributed by atoms with Crippen molar-refractivity contribution in [3.8, 4) is 0 Å². The Kier molecular flexibility index (Phi) is 5.65. The summed E-state index contributed by atoms with van der Waals surface area (Å²) in [7, 11) is 0. The molecule has 0 spiro atoms. The maximum absolute atomic E-state index is 11.7. The molecule has 1 aliphatic rings. The number of ether oxygens (including phenoxy) is 1. The van der Waals surface area contributed by atoms with Gasteiger partial charge in [0.1, 0.15) is 11.3 Å². The molecule has 1 saturated carbocycles. The van der Waals surface area contributed by atoms with Crippen LogP contribution >= 0.6 is 0 Å². The lowest BCUT2D eigenvalue weighted by Crippen LogP contribution is -2.40. The fourth-order valence-corrected chi connectivity index (χ4v) is 3.01. The van der Waals surface area contributed by atoms with Gasteiger partial charge in [0.2, 0.25) is 0 Å². The van der Waals surface area contributed by atoms with E-state index in [0.717, 1.165) is 31.2 Å². The number of carbonyl (C=O) groups excluding carboxylic acids is 1. The van der Waals surface area contributed by atoms with E-state index >= 15 is 0 Å². The number of aliphatic imine (C=N–C) groups is 1. The smallest absolute Gasteiger partial charge is 0.407 e. The van der Waals surface area contributed by atoms with Crippen LogP contribution in [0.3, 0.4) is 0 Å². The first kappa shape index (κ1) is 18.5. The van der Waals surface area contributed by atoms with Crippen LogP contribution in [0.2, 0.25) is 0 Å². The van der Waals surface area contributed by atoms with Crippen LogP contribution < -0.4 is 11.1 Å². The number of alkyl carbamates (subject to hydrolysis) is 1. The quantitative estimate of drug-likeness (QED) is 0.825. The number of carbonyl (C=O) groups is 1. The van der Waals surface area contributed by atoms with E-state index in [4.69, 9.17) is 10.5 Å². The van der Waals surface area contributed by atoms with Gasteiger partial charge in [-0.3, -0.25) is 4.99 Å². The van der Waals surface area contributed by atoms with Crippen LogP contribution in [-0.4, -0.2) is 24.1 Å². The minimum absolute atomic E-state index is 0.393. The molecule has 0 radical (unpaired) electrons. The Morgan fingerprint density at radius 1 is 1.33 bits per heavy atom. The molecule has 5 nitrogen and oxygen atoms in total. The average molecular weight is 331 g/mol. The van der Waals surface area contributed by atoms with Gasteiger partial charge in [-0.1, -0.05) is 24.3 Å². The third kappa shape index (κ3) is 5.34. The van der Waals surface area contributed by atoms with E-state index in [9.17, 15) is 4.79 Å². The highest BCUT2D eigenvalue weighted by atomic mass is 16.6. The summed E-state index contributed by atoms with van der Waals surface area (Å²) < 4.78 is 5.23. The molecule has 1 aliphatic carbocycles. The number of nitrogens with one attached hydrogen (secondary N) is 1. The molecule has 0 aliphatic heterocycles. The van der Waals surface area contributed by atoms with Crippen molar-refractivity contribution in [2.24, 2.45) is 10.7 Å². The number of nitrogens with two attached hydrogens (primary N) is 1. The first-order valence-electron chi connectivity index (χ1n) is 8.53. The highest BCUT2D eigenvalue weighted by molar-refractivity contribution is 5.67. The van der Waals surface area contributed by atoms with Crippen LogP contribution in [0.1, 0.15) is 63.5 Å². The lowest BCUT2D eigenvalue weighted by atomic mass is 9.79. The van der Waals surface area contributed by atoms with Crippen molar-refractivity contribution in [1.82, 2.24) is 5.32 Å². The van der Waals surface area contributed by atoms with E-state index in [1.807, 2.05) is 20.8 Å². The zero-order valence-electron chi connectivity index (χ0n) is 15.0. The molecule has 0 bridgehead atoms. The summed E-state index contributed by atoms with van der Waals surface area (Å²) in [5.41, 5.74) is 7.62. The molecule has 5 heteroatoms. The molecule has 2 rings (SSSR count). The van der Waals surface area contributed by atoms with Gasteiger partial charge < -0.3 is 15.8 Å². The van der Waals surface area contributed by atoms with Crippen molar-refractivity contribution >= 4 is 12.8 Å². The number of benzene rings is 1. The molecule has 1 fully saturated rings. The van der Waals surface area contributed by atoms with Gasteiger partial charge >= 0.3 is 6.09 Å². The minimum atomic E-state index is -0.479. The third-order valence-electron chi connectivity index (χ3n) is 4.45. The van der Waals surface area contributed by atoms with Gasteiger partial charge in [0.15, 0.2) is 0 Å². The van der Waals surface area contributed by atoms with Gasteiger partial charge in [-0.2, -0.15) is 0 Å². The Hall–Kier alpha value is -1.88. The first-order chi connectivity index (χ1) is 11.2. The fraction of sp³-hybridized carbons (Fsp3) is 0.579. The Morgan fingerprint density at radius 2 is 1.92 bits per heavy atom. The first-order valence-corrected chi connectivity index (χ1v) is 8.53. The Labute approximate surface area is 144 Å². The second kappa shape index (κ2) is 7.34. The van der Waals surface area contributed by atoms with Crippen molar-refractivity contribution in [3.63, 3.8) is 0 Å². The average Bonchev–Trinajstić information content (AvgIpc) is 2.53. The standard InChI is InChI=1S/C19H29N3O2/c1-18(2,3)24-17(23)22-13-14-5-7-15(8-6-14)16-9-11-19(20,21-4)12-10-16/h5-8,16H,4,9-13,20H2,1-3H3,(H,22,23). The van der Waals surface area contributed by atoms with E-state index in [0.29, 0.717) is 12.5 Å².